The summed E-state index contributed by atoms with van der Waals surface area (Å²) in [5.74, 6) is -1.03. The van der Waals surface area contributed by atoms with E-state index in [1.165, 1.54) is 40.5 Å². The number of benzene rings is 1. The van der Waals surface area contributed by atoms with Gasteiger partial charge in [0.2, 0.25) is 5.91 Å². The topological polar surface area (TPSA) is 65.5 Å². The highest BCUT2D eigenvalue weighted by Gasteiger charge is 2.20. The van der Waals surface area contributed by atoms with Crippen molar-refractivity contribution < 1.29 is 14.0 Å². The zero-order valence-electron chi connectivity index (χ0n) is 15.4. The Hall–Kier alpha value is -2.32. The van der Waals surface area contributed by atoms with Gasteiger partial charge >= 0.3 is 0 Å². The first-order valence-corrected chi connectivity index (χ1v) is 9.01. The first kappa shape index (κ1) is 20.0. The van der Waals surface area contributed by atoms with Crippen LogP contribution in [-0.4, -0.2) is 60.3 Å². The van der Waals surface area contributed by atoms with Crippen molar-refractivity contribution in [2.45, 2.75) is 13.8 Å². The Labute approximate surface area is 156 Å². The maximum absolute atomic E-state index is 13.1. The van der Waals surface area contributed by atoms with Crippen LogP contribution in [0.4, 0.5) is 9.52 Å². The summed E-state index contributed by atoms with van der Waals surface area (Å²) in [7, 11) is 3.78. The number of thiazole rings is 1. The van der Waals surface area contributed by atoms with Crippen LogP contribution in [0.1, 0.15) is 20.9 Å². The number of rotatable bonds is 7. The van der Waals surface area contributed by atoms with Gasteiger partial charge in [-0.1, -0.05) is 0 Å². The van der Waals surface area contributed by atoms with Gasteiger partial charge in [0.15, 0.2) is 5.13 Å². The van der Waals surface area contributed by atoms with E-state index in [0.717, 1.165) is 10.6 Å². The predicted molar refractivity (Wildman–Crippen MR) is 101 cm³/mol. The normalized spacial score (nSPS) is 10.8. The number of hydrogen-bond donors (Lipinski definition) is 1. The molecule has 2 amide bonds. The molecule has 26 heavy (non-hydrogen) atoms. The van der Waals surface area contributed by atoms with Crippen LogP contribution in [0, 0.1) is 19.7 Å². The third kappa shape index (κ3) is 5.60. The largest absolute Gasteiger partial charge is 0.328 e. The first-order chi connectivity index (χ1) is 12.3. The van der Waals surface area contributed by atoms with Crippen LogP contribution in [0.25, 0.3) is 0 Å². The minimum Gasteiger partial charge on any atom is -0.328 e. The quantitative estimate of drug-likeness (QED) is 0.804. The van der Waals surface area contributed by atoms with Crippen molar-refractivity contribution in [2.75, 3.05) is 39.0 Å². The number of carbonyl (C=O) groups is 2. The van der Waals surface area contributed by atoms with Crippen LogP contribution >= 0.6 is 11.3 Å². The van der Waals surface area contributed by atoms with E-state index in [0.29, 0.717) is 23.8 Å². The van der Waals surface area contributed by atoms with Gasteiger partial charge in [-0.05, 0) is 52.2 Å². The van der Waals surface area contributed by atoms with E-state index < -0.39 is 5.82 Å². The summed E-state index contributed by atoms with van der Waals surface area (Å²) in [5.41, 5.74) is 1.22. The average Bonchev–Trinajstić information content (AvgIpc) is 2.88. The summed E-state index contributed by atoms with van der Waals surface area (Å²) in [5, 5.41) is 3.26. The molecule has 1 aromatic heterocycles. The Morgan fingerprint density at radius 2 is 1.81 bits per heavy atom. The SMILES string of the molecule is Cc1nc(NC(=O)CN(CCN(C)C)C(=O)c2ccc(F)cc2)sc1C. The van der Waals surface area contributed by atoms with E-state index >= 15 is 0 Å². The van der Waals surface area contributed by atoms with Crippen LogP contribution in [-0.2, 0) is 4.79 Å². The van der Waals surface area contributed by atoms with E-state index in [2.05, 4.69) is 10.3 Å². The summed E-state index contributed by atoms with van der Waals surface area (Å²) in [4.78, 5) is 33.8. The molecule has 0 aliphatic heterocycles. The molecule has 1 heterocycles. The Kier molecular flexibility index (Phi) is 6.82. The van der Waals surface area contributed by atoms with E-state index in [9.17, 15) is 14.0 Å². The molecule has 140 valence electrons. The minimum absolute atomic E-state index is 0.0955. The standard InChI is InChI=1S/C18H23FN4O2S/c1-12-13(2)26-18(20-12)21-16(24)11-23(10-9-22(3)4)17(25)14-5-7-15(19)8-6-14/h5-8H,9-11H2,1-4H3,(H,20,21,24). The second-order valence-electron chi connectivity index (χ2n) is 6.25. The molecule has 0 aliphatic rings. The third-order valence-electron chi connectivity index (χ3n) is 3.80. The highest BCUT2D eigenvalue weighted by atomic mass is 32.1. The molecular weight excluding hydrogens is 355 g/mol. The summed E-state index contributed by atoms with van der Waals surface area (Å²) in [6.07, 6.45) is 0. The van der Waals surface area contributed by atoms with Crippen molar-refractivity contribution in [3.8, 4) is 0 Å². The summed E-state index contributed by atoms with van der Waals surface area (Å²) >= 11 is 1.40. The van der Waals surface area contributed by atoms with Gasteiger partial charge in [-0.2, -0.15) is 0 Å². The van der Waals surface area contributed by atoms with Crippen LogP contribution in [0.3, 0.4) is 0 Å². The fourth-order valence-corrected chi connectivity index (χ4v) is 3.04. The number of halogens is 1. The number of likely N-dealkylation sites (N-methyl/N-ethyl adjacent to an activating group) is 1. The molecule has 0 atom stereocenters. The fraction of sp³-hybridized carbons (Fsp3) is 0.389. The van der Waals surface area contributed by atoms with Crippen molar-refractivity contribution in [1.82, 2.24) is 14.8 Å². The molecule has 0 bridgehead atoms. The molecule has 0 fully saturated rings. The van der Waals surface area contributed by atoms with Gasteiger partial charge in [0, 0.05) is 23.5 Å². The lowest BCUT2D eigenvalue weighted by Gasteiger charge is -2.24. The Balaban J connectivity index is 2.08. The van der Waals surface area contributed by atoms with Gasteiger partial charge in [-0.25, -0.2) is 9.37 Å². The molecule has 0 radical (unpaired) electrons. The summed E-state index contributed by atoms with van der Waals surface area (Å²) in [6, 6.07) is 5.31. The first-order valence-electron chi connectivity index (χ1n) is 8.19. The Morgan fingerprint density at radius 1 is 1.15 bits per heavy atom. The number of hydrogen-bond acceptors (Lipinski definition) is 5. The maximum Gasteiger partial charge on any atom is 0.254 e. The van der Waals surface area contributed by atoms with Gasteiger partial charge in [0.1, 0.15) is 12.4 Å². The van der Waals surface area contributed by atoms with Gasteiger partial charge in [-0.15, -0.1) is 11.3 Å². The lowest BCUT2D eigenvalue weighted by Crippen LogP contribution is -2.41. The number of nitrogens with zero attached hydrogens (tertiary/aromatic N) is 3. The van der Waals surface area contributed by atoms with Crippen molar-refractivity contribution in [1.29, 1.82) is 0 Å². The van der Waals surface area contributed by atoms with E-state index in [1.807, 2.05) is 32.8 Å². The van der Waals surface area contributed by atoms with E-state index in [-0.39, 0.29) is 18.4 Å². The highest BCUT2D eigenvalue weighted by molar-refractivity contribution is 7.15. The van der Waals surface area contributed by atoms with Crippen LogP contribution in [0.15, 0.2) is 24.3 Å². The maximum atomic E-state index is 13.1. The Morgan fingerprint density at radius 3 is 2.35 bits per heavy atom. The second-order valence-corrected chi connectivity index (χ2v) is 7.45. The zero-order chi connectivity index (χ0) is 19.3. The average molecular weight is 378 g/mol. The highest BCUT2D eigenvalue weighted by Crippen LogP contribution is 2.21. The fourth-order valence-electron chi connectivity index (χ4n) is 2.21. The third-order valence-corrected chi connectivity index (χ3v) is 4.79. The lowest BCUT2D eigenvalue weighted by molar-refractivity contribution is -0.116. The van der Waals surface area contributed by atoms with Crippen LogP contribution in [0.2, 0.25) is 0 Å². The van der Waals surface area contributed by atoms with Gasteiger partial charge in [-0.3, -0.25) is 9.59 Å². The van der Waals surface area contributed by atoms with E-state index in [4.69, 9.17) is 0 Å². The van der Waals surface area contributed by atoms with Crippen LogP contribution < -0.4 is 5.32 Å². The molecule has 0 saturated carbocycles. The number of anilines is 1. The van der Waals surface area contributed by atoms with Crippen molar-refractivity contribution in [2.24, 2.45) is 0 Å². The van der Waals surface area contributed by atoms with Crippen molar-refractivity contribution >= 4 is 28.3 Å². The summed E-state index contributed by atoms with van der Waals surface area (Å²) < 4.78 is 13.1. The molecule has 0 spiro atoms. The monoisotopic (exact) mass is 378 g/mol. The molecule has 2 aromatic rings. The number of carbonyl (C=O) groups excluding carboxylic acids is 2. The molecule has 6 nitrogen and oxygen atoms in total. The smallest absolute Gasteiger partial charge is 0.254 e. The molecule has 2 rings (SSSR count). The molecular formula is C18H23FN4O2S. The van der Waals surface area contributed by atoms with Gasteiger partial charge < -0.3 is 15.1 Å². The Bertz CT molecular complexity index is 754. The van der Waals surface area contributed by atoms with Gasteiger partial charge in [0.25, 0.3) is 5.91 Å². The number of aryl methyl sites for hydroxylation is 2. The van der Waals surface area contributed by atoms with Crippen molar-refractivity contribution in [3.63, 3.8) is 0 Å². The molecule has 0 unspecified atom stereocenters. The summed E-state index contributed by atoms with van der Waals surface area (Å²) in [6.45, 7) is 4.71. The predicted octanol–water partition coefficient (Wildman–Crippen LogP) is 2.54. The van der Waals surface area contributed by atoms with Gasteiger partial charge in [0.05, 0.1) is 5.69 Å². The molecule has 0 saturated heterocycles. The number of aromatic nitrogens is 1. The lowest BCUT2D eigenvalue weighted by atomic mass is 10.2. The molecule has 8 heteroatoms. The molecule has 1 N–H and O–H groups in total. The zero-order valence-corrected chi connectivity index (χ0v) is 16.2. The molecule has 0 aliphatic carbocycles. The molecule has 1 aromatic carbocycles. The number of nitrogens with one attached hydrogen (secondary N) is 1. The van der Waals surface area contributed by atoms with Crippen LogP contribution in [0.5, 0.6) is 0 Å². The van der Waals surface area contributed by atoms with E-state index in [1.54, 1.807) is 0 Å². The second kappa shape index (κ2) is 8.86. The number of amides is 2. The van der Waals surface area contributed by atoms with Crippen molar-refractivity contribution in [3.05, 3.63) is 46.2 Å². The minimum atomic E-state index is -0.409.